The van der Waals surface area contributed by atoms with Gasteiger partial charge in [0, 0.05) is 11.6 Å². The van der Waals surface area contributed by atoms with Crippen LogP contribution in [-0.2, 0) is 0 Å². The van der Waals surface area contributed by atoms with Gasteiger partial charge in [-0.05, 0) is 36.1 Å². The van der Waals surface area contributed by atoms with Crippen LogP contribution in [0.2, 0.25) is 0 Å². The molecule has 5 nitrogen and oxygen atoms in total. The van der Waals surface area contributed by atoms with Crippen molar-refractivity contribution in [3.05, 3.63) is 65.7 Å². The van der Waals surface area contributed by atoms with Gasteiger partial charge in [-0.15, -0.1) is 10.2 Å². The van der Waals surface area contributed by atoms with Crippen LogP contribution < -0.4 is 4.74 Å². The average Bonchev–Trinajstić information content (AvgIpc) is 3.11. The third-order valence-corrected chi connectivity index (χ3v) is 5.19. The molecule has 0 unspecified atom stereocenters. The standard InChI is InChI=1S/C20H17N3O2S/c1-13-10-15-8-9-16(25-2)11-17(15)23-19(13)21-22-20(23)26-12-18(24)14-6-4-3-5-7-14/h3-11H,12H2,1-2H3. The second kappa shape index (κ2) is 6.80. The number of Topliss-reactive ketones (excluding diaryl/α,β-unsaturated/α-hetero) is 1. The van der Waals surface area contributed by atoms with Crippen molar-refractivity contribution < 1.29 is 9.53 Å². The molecule has 0 aliphatic carbocycles. The summed E-state index contributed by atoms with van der Waals surface area (Å²) in [6.45, 7) is 2.01. The molecule has 26 heavy (non-hydrogen) atoms. The maximum absolute atomic E-state index is 12.4. The highest BCUT2D eigenvalue weighted by Gasteiger charge is 2.15. The molecule has 0 atom stereocenters. The van der Waals surface area contributed by atoms with Crippen molar-refractivity contribution >= 4 is 34.1 Å². The molecule has 0 aliphatic heterocycles. The number of aryl methyl sites for hydroxylation is 1. The number of ketones is 1. The monoisotopic (exact) mass is 363 g/mol. The summed E-state index contributed by atoms with van der Waals surface area (Å²) >= 11 is 1.40. The number of rotatable bonds is 5. The Bertz CT molecular complexity index is 1110. The smallest absolute Gasteiger partial charge is 0.196 e. The number of carbonyl (C=O) groups is 1. The van der Waals surface area contributed by atoms with E-state index in [1.54, 1.807) is 7.11 Å². The summed E-state index contributed by atoms with van der Waals surface area (Å²) in [6.07, 6.45) is 0. The predicted molar refractivity (Wildman–Crippen MR) is 103 cm³/mol. The van der Waals surface area contributed by atoms with Gasteiger partial charge in [0.2, 0.25) is 0 Å². The Labute approximate surface area is 155 Å². The van der Waals surface area contributed by atoms with Crippen LogP contribution in [0.4, 0.5) is 0 Å². The second-order valence-electron chi connectivity index (χ2n) is 5.97. The van der Waals surface area contributed by atoms with Crippen molar-refractivity contribution in [2.75, 3.05) is 12.9 Å². The van der Waals surface area contributed by atoms with E-state index in [9.17, 15) is 4.79 Å². The molecule has 2 aromatic heterocycles. The van der Waals surface area contributed by atoms with E-state index in [1.165, 1.54) is 11.8 Å². The van der Waals surface area contributed by atoms with E-state index in [-0.39, 0.29) is 5.78 Å². The minimum atomic E-state index is 0.0712. The number of aromatic nitrogens is 3. The Kier molecular flexibility index (Phi) is 4.34. The van der Waals surface area contributed by atoms with Crippen molar-refractivity contribution in [3.8, 4) is 5.75 Å². The Hall–Kier alpha value is -2.86. The molecule has 0 radical (unpaired) electrons. The van der Waals surface area contributed by atoms with Crippen molar-refractivity contribution in [3.63, 3.8) is 0 Å². The van der Waals surface area contributed by atoms with E-state index in [0.29, 0.717) is 16.5 Å². The van der Waals surface area contributed by atoms with E-state index in [2.05, 4.69) is 16.3 Å². The van der Waals surface area contributed by atoms with Gasteiger partial charge < -0.3 is 4.74 Å². The molecule has 0 aliphatic rings. The summed E-state index contributed by atoms with van der Waals surface area (Å²) in [4.78, 5) is 12.4. The zero-order valence-electron chi connectivity index (χ0n) is 14.5. The number of carbonyl (C=O) groups excluding carboxylic acids is 1. The first-order valence-electron chi connectivity index (χ1n) is 8.21. The molecule has 4 rings (SSSR count). The van der Waals surface area contributed by atoms with Gasteiger partial charge in [-0.25, -0.2) is 0 Å². The number of methoxy groups -OCH3 is 1. The van der Waals surface area contributed by atoms with Gasteiger partial charge in [0.15, 0.2) is 16.6 Å². The SMILES string of the molecule is COc1ccc2cc(C)c3nnc(SCC(=O)c4ccccc4)n3c2c1. The minimum absolute atomic E-state index is 0.0712. The quantitative estimate of drug-likeness (QED) is 0.393. The lowest BCUT2D eigenvalue weighted by Crippen LogP contribution is -2.03. The molecule has 0 spiro atoms. The summed E-state index contributed by atoms with van der Waals surface area (Å²) in [5, 5.41) is 10.4. The van der Waals surface area contributed by atoms with Crippen molar-refractivity contribution in [2.24, 2.45) is 0 Å². The van der Waals surface area contributed by atoms with Crippen LogP contribution in [0.25, 0.3) is 16.6 Å². The molecular formula is C20H17N3O2S. The number of hydrogen-bond donors (Lipinski definition) is 0. The maximum atomic E-state index is 12.4. The van der Waals surface area contributed by atoms with Crippen molar-refractivity contribution in [2.45, 2.75) is 12.1 Å². The van der Waals surface area contributed by atoms with Crippen molar-refractivity contribution in [1.29, 1.82) is 0 Å². The van der Waals surface area contributed by atoms with Crippen LogP contribution in [0.15, 0.2) is 59.8 Å². The fourth-order valence-corrected chi connectivity index (χ4v) is 3.78. The zero-order chi connectivity index (χ0) is 18.1. The molecule has 130 valence electrons. The summed E-state index contributed by atoms with van der Waals surface area (Å²) in [6, 6.07) is 17.3. The molecule has 0 N–H and O–H groups in total. The van der Waals surface area contributed by atoms with E-state index >= 15 is 0 Å². The number of nitrogens with zero attached hydrogens (tertiary/aromatic N) is 3. The fourth-order valence-electron chi connectivity index (χ4n) is 2.94. The lowest BCUT2D eigenvalue weighted by Gasteiger charge is -2.08. The first-order valence-corrected chi connectivity index (χ1v) is 9.19. The average molecular weight is 363 g/mol. The van der Waals surface area contributed by atoms with Crippen LogP contribution in [0, 0.1) is 6.92 Å². The van der Waals surface area contributed by atoms with Crippen LogP contribution >= 0.6 is 11.8 Å². The van der Waals surface area contributed by atoms with Crippen LogP contribution in [0.3, 0.4) is 0 Å². The highest BCUT2D eigenvalue weighted by Crippen LogP contribution is 2.28. The molecule has 2 aromatic carbocycles. The van der Waals surface area contributed by atoms with E-state index in [4.69, 9.17) is 4.74 Å². The highest BCUT2D eigenvalue weighted by atomic mass is 32.2. The maximum Gasteiger partial charge on any atom is 0.196 e. The number of fused-ring (bicyclic) bond motifs is 3. The van der Waals surface area contributed by atoms with Crippen LogP contribution in [0.5, 0.6) is 5.75 Å². The van der Waals surface area contributed by atoms with Crippen LogP contribution in [-0.4, -0.2) is 33.2 Å². The summed E-state index contributed by atoms with van der Waals surface area (Å²) in [5.41, 5.74) is 3.50. The molecule has 0 bridgehead atoms. The second-order valence-corrected chi connectivity index (χ2v) is 6.91. The van der Waals surface area contributed by atoms with Crippen LogP contribution in [0.1, 0.15) is 15.9 Å². The van der Waals surface area contributed by atoms with Gasteiger partial charge in [-0.1, -0.05) is 42.1 Å². The first-order chi connectivity index (χ1) is 12.7. The Balaban J connectivity index is 1.74. The topological polar surface area (TPSA) is 56.5 Å². The number of pyridine rings is 1. The lowest BCUT2D eigenvalue weighted by molar-refractivity contribution is 0.102. The fraction of sp³-hybridized carbons (Fsp3) is 0.150. The van der Waals surface area contributed by atoms with Gasteiger partial charge in [0.1, 0.15) is 5.75 Å². The van der Waals surface area contributed by atoms with E-state index in [1.807, 2.05) is 59.9 Å². The molecule has 6 heteroatoms. The Morgan fingerprint density at radius 2 is 1.92 bits per heavy atom. The first kappa shape index (κ1) is 16.6. The normalized spacial score (nSPS) is 11.2. The van der Waals surface area contributed by atoms with Gasteiger partial charge in [-0.2, -0.15) is 0 Å². The molecule has 4 aromatic rings. The minimum Gasteiger partial charge on any atom is -0.497 e. The summed E-state index contributed by atoms with van der Waals surface area (Å²) in [5.74, 6) is 1.15. The number of ether oxygens (including phenoxy) is 1. The lowest BCUT2D eigenvalue weighted by atomic mass is 10.1. The van der Waals surface area contributed by atoms with Gasteiger partial charge >= 0.3 is 0 Å². The molecule has 0 saturated heterocycles. The molecular weight excluding hydrogens is 346 g/mol. The molecule has 0 saturated carbocycles. The predicted octanol–water partition coefficient (Wildman–Crippen LogP) is 4.17. The number of hydrogen-bond acceptors (Lipinski definition) is 5. The third kappa shape index (κ3) is 2.93. The third-order valence-electron chi connectivity index (χ3n) is 4.26. The molecule has 0 fully saturated rings. The highest BCUT2D eigenvalue weighted by molar-refractivity contribution is 7.99. The summed E-state index contributed by atoms with van der Waals surface area (Å²) < 4.78 is 7.36. The molecule has 2 heterocycles. The van der Waals surface area contributed by atoms with Gasteiger partial charge in [-0.3, -0.25) is 9.20 Å². The zero-order valence-corrected chi connectivity index (χ0v) is 15.3. The number of benzene rings is 2. The Morgan fingerprint density at radius 3 is 2.69 bits per heavy atom. The number of thioether (sulfide) groups is 1. The van der Waals surface area contributed by atoms with Crippen molar-refractivity contribution in [1.82, 2.24) is 14.6 Å². The van der Waals surface area contributed by atoms with Gasteiger partial charge in [0.05, 0.1) is 18.4 Å². The Morgan fingerprint density at radius 1 is 1.12 bits per heavy atom. The van der Waals surface area contributed by atoms with E-state index in [0.717, 1.165) is 27.9 Å². The summed E-state index contributed by atoms with van der Waals surface area (Å²) in [7, 11) is 1.65. The van der Waals surface area contributed by atoms with E-state index < -0.39 is 0 Å². The largest absolute Gasteiger partial charge is 0.497 e. The molecule has 0 amide bonds. The van der Waals surface area contributed by atoms with Gasteiger partial charge in [0.25, 0.3) is 0 Å².